The third kappa shape index (κ3) is 5.23. The van der Waals surface area contributed by atoms with Gasteiger partial charge in [0.1, 0.15) is 0 Å². The highest BCUT2D eigenvalue weighted by atomic mass is 32.2. The van der Waals surface area contributed by atoms with E-state index in [0.717, 1.165) is 11.3 Å². The molecule has 0 unspecified atom stereocenters. The molecule has 0 aliphatic heterocycles. The maximum absolute atomic E-state index is 11.5. The molecule has 0 spiro atoms. The number of anilines is 1. The molecule has 0 saturated carbocycles. The van der Waals surface area contributed by atoms with E-state index in [4.69, 9.17) is 5.11 Å². The van der Waals surface area contributed by atoms with Crippen molar-refractivity contribution < 1.29 is 14.7 Å². The van der Waals surface area contributed by atoms with Crippen molar-refractivity contribution in [2.45, 2.75) is 19.6 Å². The van der Waals surface area contributed by atoms with E-state index in [1.54, 1.807) is 0 Å². The lowest BCUT2D eigenvalue weighted by atomic mass is 10.2. The first-order valence-corrected chi connectivity index (χ1v) is 6.84. The van der Waals surface area contributed by atoms with Crippen LogP contribution >= 0.6 is 11.8 Å². The van der Waals surface area contributed by atoms with Crippen molar-refractivity contribution in [1.29, 1.82) is 0 Å². The number of thioether (sulfide) groups is 1. The van der Waals surface area contributed by atoms with E-state index in [0.29, 0.717) is 5.75 Å². The topological polar surface area (TPSA) is 66.4 Å². The van der Waals surface area contributed by atoms with Gasteiger partial charge in [-0.05, 0) is 17.7 Å². The summed E-state index contributed by atoms with van der Waals surface area (Å²) in [5.74, 6) is -0.190. The molecule has 0 heterocycles. The minimum atomic E-state index is -0.815. The highest BCUT2D eigenvalue weighted by Gasteiger charge is 2.07. The van der Waals surface area contributed by atoms with Gasteiger partial charge in [0.05, 0.1) is 5.75 Å². The van der Waals surface area contributed by atoms with Gasteiger partial charge in [0, 0.05) is 17.4 Å². The summed E-state index contributed by atoms with van der Waals surface area (Å²) >= 11 is 1.34. The number of benzene rings is 1. The molecule has 0 aromatic heterocycles. The number of rotatable bonds is 6. The highest BCUT2D eigenvalue weighted by molar-refractivity contribution is 7.99. The lowest BCUT2D eigenvalue weighted by Crippen LogP contribution is -2.17. The third-order valence-corrected chi connectivity index (χ3v) is 3.20. The molecular formula is C13H17NO3S. The third-order valence-electron chi connectivity index (χ3n) is 2.21. The SMILES string of the molecule is CC(C)C(=O)Nc1cccc(CSCC(=O)O)c1. The molecule has 18 heavy (non-hydrogen) atoms. The molecule has 5 heteroatoms. The number of aliphatic carboxylic acids is 1. The number of carbonyl (C=O) groups is 2. The van der Waals surface area contributed by atoms with Gasteiger partial charge in [-0.15, -0.1) is 11.8 Å². The number of carbonyl (C=O) groups excluding carboxylic acids is 1. The minimum absolute atomic E-state index is 0.0228. The summed E-state index contributed by atoms with van der Waals surface area (Å²) in [6.07, 6.45) is 0. The number of carboxylic acids is 1. The van der Waals surface area contributed by atoms with Crippen LogP contribution in [-0.4, -0.2) is 22.7 Å². The summed E-state index contributed by atoms with van der Waals surface area (Å²) in [7, 11) is 0. The molecule has 2 N–H and O–H groups in total. The quantitative estimate of drug-likeness (QED) is 0.831. The zero-order chi connectivity index (χ0) is 13.5. The largest absolute Gasteiger partial charge is 0.481 e. The first kappa shape index (κ1) is 14.6. The highest BCUT2D eigenvalue weighted by Crippen LogP contribution is 2.17. The van der Waals surface area contributed by atoms with E-state index in [1.165, 1.54) is 11.8 Å². The average Bonchev–Trinajstić information content (AvgIpc) is 2.28. The molecule has 1 amide bonds. The molecule has 0 atom stereocenters. The van der Waals surface area contributed by atoms with E-state index >= 15 is 0 Å². The molecule has 0 bridgehead atoms. The van der Waals surface area contributed by atoms with Crippen LogP contribution in [0.5, 0.6) is 0 Å². The Morgan fingerprint density at radius 2 is 2.11 bits per heavy atom. The van der Waals surface area contributed by atoms with Crippen LogP contribution in [0.25, 0.3) is 0 Å². The van der Waals surface area contributed by atoms with Crippen LogP contribution in [0.3, 0.4) is 0 Å². The van der Waals surface area contributed by atoms with Gasteiger partial charge >= 0.3 is 5.97 Å². The molecular weight excluding hydrogens is 250 g/mol. The molecule has 0 aliphatic rings. The summed E-state index contributed by atoms with van der Waals surface area (Å²) in [4.78, 5) is 21.9. The molecule has 0 saturated heterocycles. The predicted molar refractivity (Wildman–Crippen MR) is 73.7 cm³/mol. The smallest absolute Gasteiger partial charge is 0.313 e. The number of hydrogen-bond donors (Lipinski definition) is 2. The molecule has 0 aliphatic carbocycles. The number of nitrogens with one attached hydrogen (secondary N) is 1. The Labute approximate surface area is 111 Å². The van der Waals surface area contributed by atoms with Gasteiger partial charge < -0.3 is 10.4 Å². The lowest BCUT2D eigenvalue weighted by molar-refractivity contribution is -0.133. The predicted octanol–water partition coefficient (Wildman–Crippen LogP) is 2.60. The van der Waals surface area contributed by atoms with Crippen molar-refractivity contribution in [2.24, 2.45) is 5.92 Å². The van der Waals surface area contributed by atoms with Gasteiger partial charge in [0.25, 0.3) is 0 Å². The van der Waals surface area contributed by atoms with Crippen molar-refractivity contribution >= 4 is 29.3 Å². The Bertz CT molecular complexity index is 432. The van der Waals surface area contributed by atoms with Gasteiger partial charge in [-0.25, -0.2) is 0 Å². The second-order valence-corrected chi connectivity index (χ2v) is 5.22. The zero-order valence-electron chi connectivity index (χ0n) is 10.5. The Kier molecular flexibility index (Phi) is 5.71. The van der Waals surface area contributed by atoms with E-state index in [9.17, 15) is 9.59 Å². The van der Waals surface area contributed by atoms with E-state index in [-0.39, 0.29) is 17.6 Å². The number of carboxylic acid groups (broad SMARTS) is 1. The molecule has 0 fully saturated rings. The lowest BCUT2D eigenvalue weighted by Gasteiger charge is -2.09. The fraction of sp³-hybridized carbons (Fsp3) is 0.385. The van der Waals surface area contributed by atoms with Gasteiger partial charge in [-0.3, -0.25) is 9.59 Å². The second-order valence-electron chi connectivity index (χ2n) is 4.23. The van der Waals surface area contributed by atoms with Gasteiger partial charge in [-0.1, -0.05) is 26.0 Å². The number of hydrogen-bond acceptors (Lipinski definition) is 3. The Hall–Kier alpha value is -1.49. The average molecular weight is 267 g/mol. The van der Waals surface area contributed by atoms with E-state index in [2.05, 4.69) is 5.32 Å². The van der Waals surface area contributed by atoms with Crippen LogP contribution in [0.4, 0.5) is 5.69 Å². The summed E-state index contributed by atoms with van der Waals surface area (Å²) in [6.45, 7) is 3.67. The van der Waals surface area contributed by atoms with Crippen LogP contribution in [0.2, 0.25) is 0 Å². The summed E-state index contributed by atoms with van der Waals surface area (Å²) in [6, 6.07) is 7.47. The standard InChI is InChI=1S/C13H17NO3S/c1-9(2)13(17)14-11-5-3-4-10(6-11)7-18-8-12(15)16/h3-6,9H,7-8H2,1-2H3,(H,14,17)(H,15,16). The Morgan fingerprint density at radius 1 is 1.39 bits per heavy atom. The Balaban J connectivity index is 2.56. The number of amides is 1. The van der Waals surface area contributed by atoms with E-state index in [1.807, 2.05) is 38.1 Å². The fourth-order valence-electron chi connectivity index (χ4n) is 1.28. The zero-order valence-corrected chi connectivity index (χ0v) is 11.3. The van der Waals surface area contributed by atoms with Crippen LogP contribution in [-0.2, 0) is 15.3 Å². The first-order chi connectivity index (χ1) is 8.49. The van der Waals surface area contributed by atoms with Gasteiger partial charge in [0.15, 0.2) is 0 Å². The maximum atomic E-state index is 11.5. The summed E-state index contributed by atoms with van der Waals surface area (Å²) in [5, 5.41) is 11.4. The first-order valence-electron chi connectivity index (χ1n) is 5.68. The summed E-state index contributed by atoms with van der Waals surface area (Å²) in [5.41, 5.74) is 1.75. The maximum Gasteiger partial charge on any atom is 0.313 e. The molecule has 1 aromatic carbocycles. The van der Waals surface area contributed by atoms with Crippen LogP contribution < -0.4 is 5.32 Å². The molecule has 1 rings (SSSR count). The minimum Gasteiger partial charge on any atom is -0.481 e. The molecule has 1 aromatic rings. The fourth-order valence-corrected chi connectivity index (χ4v) is 1.97. The second kappa shape index (κ2) is 7.06. The normalized spacial score (nSPS) is 10.4. The van der Waals surface area contributed by atoms with Crippen molar-refractivity contribution in [3.63, 3.8) is 0 Å². The van der Waals surface area contributed by atoms with Crippen LogP contribution in [0.15, 0.2) is 24.3 Å². The monoisotopic (exact) mass is 267 g/mol. The summed E-state index contributed by atoms with van der Waals surface area (Å²) < 4.78 is 0. The van der Waals surface area contributed by atoms with Crippen molar-refractivity contribution in [3.05, 3.63) is 29.8 Å². The van der Waals surface area contributed by atoms with Gasteiger partial charge in [-0.2, -0.15) is 0 Å². The van der Waals surface area contributed by atoms with Crippen LogP contribution in [0, 0.1) is 5.92 Å². The Morgan fingerprint density at radius 3 is 2.72 bits per heavy atom. The van der Waals surface area contributed by atoms with Crippen LogP contribution in [0.1, 0.15) is 19.4 Å². The van der Waals surface area contributed by atoms with Crippen molar-refractivity contribution in [2.75, 3.05) is 11.1 Å². The van der Waals surface area contributed by atoms with Crippen molar-refractivity contribution in [3.8, 4) is 0 Å². The van der Waals surface area contributed by atoms with Gasteiger partial charge in [0.2, 0.25) is 5.91 Å². The molecule has 4 nitrogen and oxygen atoms in total. The molecule has 0 radical (unpaired) electrons. The van der Waals surface area contributed by atoms with E-state index < -0.39 is 5.97 Å². The van der Waals surface area contributed by atoms with Crippen molar-refractivity contribution in [1.82, 2.24) is 0 Å². The molecule has 98 valence electrons.